The SMILES string of the molecule is CCOCC(=O)Nc1cccc(-c2noc(C(F)(F)F)n2)c1. The third-order valence-corrected chi connectivity index (χ3v) is 2.51. The first kappa shape index (κ1) is 16.0. The van der Waals surface area contributed by atoms with E-state index in [-0.39, 0.29) is 23.9 Å². The highest BCUT2D eigenvalue weighted by Crippen LogP contribution is 2.29. The van der Waals surface area contributed by atoms with Gasteiger partial charge >= 0.3 is 12.1 Å². The van der Waals surface area contributed by atoms with Crippen LogP contribution in [0.2, 0.25) is 0 Å². The molecule has 1 amide bonds. The van der Waals surface area contributed by atoms with Gasteiger partial charge in [0.15, 0.2) is 0 Å². The third kappa shape index (κ3) is 4.04. The number of hydrogen-bond acceptors (Lipinski definition) is 5. The molecule has 1 aromatic heterocycles. The minimum absolute atomic E-state index is 0.110. The number of nitrogens with zero attached hydrogens (tertiary/aromatic N) is 2. The lowest BCUT2D eigenvalue weighted by atomic mass is 10.2. The van der Waals surface area contributed by atoms with Crippen LogP contribution in [0.15, 0.2) is 28.8 Å². The average molecular weight is 315 g/mol. The van der Waals surface area contributed by atoms with Crippen molar-refractivity contribution in [2.75, 3.05) is 18.5 Å². The summed E-state index contributed by atoms with van der Waals surface area (Å²) in [4.78, 5) is 14.8. The van der Waals surface area contributed by atoms with Gasteiger partial charge in [0, 0.05) is 17.9 Å². The number of ether oxygens (including phenoxy) is 1. The molecule has 0 aliphatic carbocycles. The van der Waals surface area contributed by atoms with Gasteiger partial charge in [-0.25, -0.2) is 0 Å². The minimum Gasteiger partial charge on any atom is -0.372 e. The number of rotatable bonds is 5. The molecule has 0 spiro atoms. The summed E-state index contributed by atoms with van der Waals surface area (Å²) in [5.41, 5.74) is 0.675. The maximum Gasteiger partial charge on any atom is 0.471 e. The van der Waals surface area contributed by atoms with Crippen molar-refractivity contribution in [1.82, 2.24) is 10.1 Å². The normalized spacial score (nSPS) is 11.5. The zero-order valence-corrected chi connectivity index (χ0v) is 11.5. The van der Waals surface area contributed by atoms with Crippen LogP contribution in [0.25, 0.3) is 11.4 Å². The molecule has 0 aliphatic rings. The Kier molecular flexibility index (Phi) is 4.76. The van der Waals surface area contributed by atoms with Gasteiger partial charge in [-0.15, -0.1) is 0 Å². The van der Waals surface area contributed by atoms with E-state index in [1.807, 2.05) is 0 Å². The summed E-state index contributed by atoms with van der Waals surface area (Å²) in [6.45, 7) is 2.04. The van der Waals surface area contributed by atoms with Crippen LogP contribution in [-0.2, 0) is 15.7 Å². The monoisotopic (exact) mass is 315 g/mol. The Morgan fingerprint density at radius 2 is 2.18 bits per heavy atom. The lowest BCUT2D eigenvalue weighted by Gasteiger charge is -2.06. The van der Waals surface area contributed by atoms with Crippen LogP contribution >= 0.6 is 0 Å². The number of carbonyl (C=O) groups excluding carboxylic acids is 1. The lowest BCUT2D eigenvalue weighted by molar-refractivity contribution is -0.159. The second-order valence-corrected chi connectivity index (χ2v) is 4.19. The van der Waals surface area contributed by atoms with Crippen LogP contribution < -0.4 is 5.32 Å². The molecule has 1 heterocycles. The molecule has 2 aromatic rings. The summed E-state index contributed by atoms with van der Waals surface area (Å²) in [7, 11) is 0. The van der Waals surface area contributed by atoms with E-state index in [0.717, 1.165) is 0 Å². The van der Waals surface area contributed by atoms with Crippen molar-refractivity contribution in [2.45, 2.75) is 13.1 Å². The zero-order chi connectivity index (χ0) is 16.2. The Morgan fingerprint density at radius 3 is 2.82 bits per heavy atom. The molecule has 9 heteroatoms. The summed E-state index contributed by atoms with van der Waals surface area (Å²) < 4.78 is 46.4. The van der Waals surface area contributed by atoms with Gasteiger partial charge in [-0.3, -0.25) is 4.79 Å². The molecule has 6 nitrogen and oxygen atoms in total. The van der Waals surface area contributed by atoms with Crippen LogP contribution in [0.3, 0.4) is 0 Å². The van der Waals surface area contributed by atoms with Crippen molar-refractivity contribution in [1.29, 1.82) is 0 Å². The number of amides is 1. The molecule has 2 rings (SSSR count). The number of hydrogen-bond donors (Lipinski definition) is 1. The van der Waals surface area contributed by atoms with Gasteiger partial charge in [0.2, 0.25) is 11.7 Å². The van der Waals surface area contributed by atoms with Crippen molar-refractivity contribution in [3.8, 4) is 11.4 Å². The molecule has 0 saturated carbocycles. The lowest BCUT2D eigenvalue weighted by Crippen LogP contribution is -2.18. The molecule has 0 bridgehead atoms. The second-order valence-electron chi connectivity index (χ2n) is 4.19. The van der Waals surface area contributed by atoms with E-state index in [1.54, 1.807) is 19.1 Å². The third-order valence-electron chi connectivity index (χ3n) is 2.51. The van der Waals surface area contributed by atoms with Crippen molar-refractivity contribution in [2.24, 2.45) is 0 Å². The van der Waals surface area contributed by atoms with Crippen molar-refractivity contribution in [3.63, 3.8) is 0 Å². The molecule has 1 N–H and O–H groups in total. The smallest absolute Gasteiger partial charge is 0.372 e. The fourth-order valence-electron chi connectivity index (χ4n) is 1.58. The summed E-state index contributed by atoms with van der Waals surface area (Å²) in [5, 5.41) is 5.83. The molecular weight excluding hydrogens is 303 g/mol. The van der Waals surface area contributed by atoms with E-state index in [0.29, 0.717) is 12.3 Å². The standard InChI is InChI=1S/C13H12F3N3O3/c1-2-21-7-10(20)17-9-5-3-4-8(6-9)11-18-12(22-19-11)13(14,15)16/h3-6H,2,7H2,1H3,(H,17,20). The van der Waals surface area contributed by atoms with Crippen molar-refractivity contribution >= 4 is 11.6 Å². The summed E-state index contributed by atoms with van der Waals surface area (Å²) >= 11 is 0. The number of carbonyl (C=O) groups is 1. The molecule has 22 heavy (non-hydrogen) atoms. The second kappa shape index (κ2) is 6.56. The van der Waals surface area contributed by atoms with Gasteiger partial charge in [0.1, 0.15) is 6.61 Å². The summed E-state index contributed by atoms with van der Waals surface area (Å²) in [6.07, 6.45) is -4.70. The highest BCUT2D eigenvalue weighted by molar-refractivity contribution is 5.92. The number of halogens is 3. The number of nitrogens with one attached hydrogen (secondary N) is 1. The Morgan fingerprint density at radius 1 is 1.41 bits per heavy atom. The summed E-state index contributed by atoms with van der Waals surface area (Å²) in [6, 6.07) is 6.07. The molecule has 0 radical (unpaired) electrons. The Bertz CT molecular complexity index is 655. The van der Waals surface area contributed by atoms with Crippen LogP contribution in [0.4, 0.5) is 18.9 Å². The molecule has 0 unspecified atom stereocenters. The van der Waals surface area contributed by atoms with E-state index in [4.69, 9.17) is 4.74 Å². The predicted molar refractivity (Wildman–Crippen MR) is 69.9 cm³/mol. The maximum atomic E-state index is 12.4. The van der Waals surface area contributed by atoms with Crippen molar-refractivity contribution < 1.29 is 27.2 Å². The van der Waals surface area contributed by atoms with Gasteiger partial charge in [-0.05, 0) is 19.1 Å². The molecule has 0 atom stereocenters. The number of benzene rings is 1. The predicted octanol–water partition coefficient (Wildman–Crippen LogP) is 2.73. The highest BCUT2D eigenvalue weighted by Gasteiger charge is 2.38. The van der Waals surface area contributed by atoms with Gasteiger partial charge < -0.3 is 14.6 Å². The van der Waals surface area contributed by atoms with Gasteiger partial charge in [-0.2, -0.15) is 18.2 Å². The molecule has 1 aromatic carbocycles. The van der Waals surface area contributed by atoms with E-state index in [9.17, 15) is 18.0 Å². The number of aromatic nitrogens is 2. The van der Waals surface area contributed by atoms with E-state index in [2.05, 4.69) is 20.0 Å². The minimum atomic E-state index is -4.70. The number of alkyl halides is 3. The highest BCUT2D eigenvalue weighted by atomic mass is 19.4. The fourth-order valence-corrected chi connectivity index (χ4v) is 1.58. The van der Waals surface area contributed by atoms with Gasteiger partial charge in [0.05, 0.1) is 0 Å². The first-order valence-electron chi connectivity index (χ1n) is 6.29. The molecule has 0 aliphatic heterocycles. The Balaban J connectivity index is 2.14. The number of anilines is 1. The first-order valence-corrected chi connectivity index (χ1v) is 6.29. The molecule has 0 saturated heterocycles. The Labute approximate surface area is 123 Å². The fraction of sp³-hybridized carbons (Fsp3) is 0.308. The van der Waals surface area contributed by atoms with Gasteiger partial charge in [-0.1, -0.05) is 17.3 Å². The van der Waals surface area contributed by atoms with Crippen LogP contribution in [-0.4, -0.2) is 29.3 Å². The average Bonchev–Trinajstić information content (AvgIpc) is 2.95. The van der Waals surface area contributed by atoms with Crippen LogP contribution in [0, 0.1) is 0 Å². The zero-order valence-electron chi connectivity index (χ0n) is 11.5. The maximum absolute atomic E-state index is 12.4. The first-order chi connectivity index (χ1) is 10.4. The molecule has 118 valence electrons. The largest absolute Gasteiger partial charge is 0.471 e. The summed E-state index contributed by atoms with van der Waals surface area (Å²) in [5.74, 6) is -2.01. The van der Waals surface area contributed by atoms with E-state index in [1.165, 1.54) is 12.1 Å². The topological polar surface area (TPSA) is 77.2 Å². The van der Waals surface area contributed by atoms with Crippen LogP contribution in [0.1, 0.15) is 12.8 Å². The van der Waals surface area contributed by atoms with Gasteiger partial charge in [0.25, 0.3) is 0 Å². The molecular formula is C13H12F3N3O3. The van der Waals surface area contributed by atoms with E-state index < -0.39 is 12.1 Å². The quantitative estimate of drug-likeness (QED) is 0.918. The van der Waals surface area contributed by atoms with Crippen molar-refractivity contribution in [3.05, 3.63) is 30.2 Å². The molecule has 0 fully saturated rings. The van der Waals surface area contributed by atoms with Crippen LogP contribution in [0.5, 0.6) is 0 Å². The van der Waals surface area contributed by atoms with E-state index >= 15 is 0 Å². The Hall–Kier alpha value is -2.42.